The third-order valence-electron chi connectivity index (χ3n) is 5.40. The predicted molar refractivity (Wildman–Crippen MR) is 112 cm³/mol. The highest BCUT2D eigenvalue weighted by Gasteiger charge is 2.45. The number of aliphatic hydroxyl groups excluding tert-OH is 1. The van der Waals surface area contributed by atoms with Gasteiger partial charge in [-0.15, -0.1) is 0 Å². The van der Waals surface area contributed by atoms with Crippen LogP contribution in [0, 0.1) is 0 Å². The summed E-state index contributed by atoms with van der Waals surface area (Å²) in [4.78, 5) is 27.3. The van der Waals surface area contributed by atoms with Crippen LogP contribution in [-0.2, 0) is 20.7 Å². The van der Waals surface area contributed by atoms with Crippen LogP contribution in [0.25, 0.3) is 5.76 Å². The van der Waals surface area contributed by atoms with Gasteiger partial charge in [0.2, 0.25) is 0 Å². The van der Waals surface area contributed by atoms with Gasteiger partial charge in [0.15, 0.2) is 0 Å². The zero-order valence-corrected chi connectivity index (χ0v) is 17.1. The molecule has 1 saturated heterocycles. The van der Waals surface area contributed by atoms with E-state index in [9.17, 15) is 14.7 Å². The number of rotatable bonds is 6. The number of benzene rings is 2. The Balaban J connectivity index is 1.77. The molecule has 1 amide bonds. The third-order valence-corrected chi connectivity index (χ3v) is 5.40. The van der Waals surface area contributed by atoms with Crippen molar-refractivity contribution in [3.8, 4) is 5.75 Å². The van der Waals surface area contributed by atoms with Gasteiger partial charge >= 0.3 is 0 Å². The lowest BCUT2D eigenvalue weighted by Crippen LogP contribution is -2.33. The Bertz CT molecular complexity index is 996. The molecule has 4 rings (SSSR count). The quantitative estimate of drug-likeness (QED) is 0.451. The summed E-state index contributed by atoms with van der Waals surface area (Å²) < 4.78 is 11.1. The van der Waals surface area contributed by atoms with Crippen molar-refractivity contribution in [1.82, 2.24) is 4.90 Å². The highest BCUT2D eigenvalue weighted by molar-refractivity contribution is 6.46. The van der Waals surface area contributed by atoms with Gasteiger partial charge in [0.1, 0.15) is 11.5 Å². The lowest BCUT2D eigenvalue weighted by molar-refractivity contribution is -0.140. The van der Waals surface area contributed by atoms with Crippen LogP contribution >= 0.6 is 0 Å². The molecule has 6 nitrogen and oxygen atoms in total. The van der Waals surface area contributed by atoms with E-state index in [4.69, 9.17) is 9.47 Å². The molecule has 0 aliphatic carbocycles. The fourth-order valence-electron chi connectivity index (χ4n) is 3.97. The predicted octanol–water partition coefficient (Wildman–Crippen LogP) is 3.47. The number of carbonyl (C=O) groups is 2. The Morgan fingerprint density at radius 1 is 1.20 bits per heavy atom. The summed E-state index contributed by atoms with van der Waals surface area (Å²) in [7, 11) is 0. The van der Waals surface area contributed by atoms with Crippen LogP contribution in [-0.4, -0.2) is 47.6 Å². The lowest BCUT2D eigenvalue weighted by Gasteiger charge is -2.25. The molecule has 2 aromatic rings. The zero-order chi connectivity index (χ0) is 21.3. The average Bonchev–Trinajstić information content (AvgIpc) is 3.31. The van der Waals surface area contributed by atoms with Gasteiger partial charge in [0.25, 0.3) is 11.7 Å². The number of carbonyl (C=O) groups excluding carboxylic acids is 2. The highest BCUT2D eigenvalue weighted by atomic mass is 16.5. The second kappa shape index (κ2) is 8.32. The van der Waals surface area contributed by atoms with Gasteiger partial charge in [-0.1, -0.05) is 30.3 Å². The number of hydrogen-bond acceptors (Lipinski definition) is 5. The van der Waals surface area contributed by atoms with Crippen LogP contribution in [0.4, 0.5) is 0 Å². The van der Waals surface area contributed by atoms with E-state index in [2.05, 4.69) is 0 Å². The van der Waals surface area contributed by atoms with E-state index >= 15 is 0 Å². The molecule has 2 aromatic carbocycles. The average molecular weight is 407 g/mol. The minimum Gasteiger partial charge on any atom is -0.507 e. The highest BCUT2D eigenvalue weighted by Crippen LogP contribution is 2.40. The van der Waals surface area contributed by atoms with Crippen molar-refractivity contribution in [1.29, 1.82) is 0 Å². The molecule has 1 fully saturated rings. The molecule has 1 atom stereocenters. The van der Waals surface area contributed by atoms with Gasteiger partial charge in [-0.05, 0) is 43.2 Å². The van der Waals surface area contributed by atoms with Gasteiger partial charge in [-0.2, -0.15) is 0 Å². The number of aliphatic hydroxyl groups is 1. The Morgan fingerprint density at radius 3 is 2.70 bits per heavy atom. The summed E-state index contributed by atoms with van der Waals surface area (Å²) in [5.41, 5.74) is 2.37. The summed E-state index contributed by atoms with van der Waals surface area (Å²) in [6, 6.07) is 14.0. The molecular weight excluding hydrogens is 382 g/mol. The van der Waals surface area contributed by atoms with Gasteiger partial charge in [-0.3, -0.25) is 9.59 Å². The Kier molecular flexibility index (Phi) is 5.59. The Morgan fingerprint density at radius 2 is 1.97 bits per heavy atom. The molecule has 2 aliphatic heterocycles. The molecule has 156 valence electrons. The molecule has 0 bridgehead atoms. The minimum absolute atomic E-state index is 0.0191. The van der Waals surface area contributed by atoms with Crippen LogP contribution in [0.3, 0.4) is 0 Å². The number of likely N-dealkylation sites (tertiary alicyclic amines) is 1. The van der Waals surface area contributed by atoms with E-state index in [1.807, 2.05) is 50.2 Å². The normalized spacial score (nSPS) is 20.0. The summed E-state index contributed by atoms with van der Waals surface area (Å²) in [6.45, 7) is 5.01. The van der Waals surface area contributed by atoms with Crippen LogP contribution in [0.15, 0.2) is 54.1 Å². The number of Topliss-reactive ketones (excluding diaryl/α,β-unsaturated/α-hetero) is 1. The number of ether oxygens (including phenoxy) is 2. The van der Waals surface area contributed by atoms with E-state index in [0.717, 1.165) is 23.3 Å². The molecule has 2 aliphatic rings. The van der Waals surface area contributed by atoms with Crippen LogP contribution in [0.5, 0.6) is 5.75 Å². The molecule has 30 heavy (non-hydrogen) atoms. The first-order valence-corrected chi connectivity index (χ1v) is 10.2. The molecule has 0 saturated carbocycles. The monoisotopic (exact) mass is 407 g/mol. The maximum atomic E-state index is 13.0. The van der Waals surface area contributed by atoms with E-state index in [0.29, 0.717) is 18.8 Å². The standard InChI is InChI=1S/C24H25NO5/c1-15(2)29-13-11-25-21(16-6-4-3-5-7-16)20(23(27)24(25)28)22(26)18-8-9-19-17(14-18)10-12-30-19/h3-9,14-15,21,26H,10-13H2,1-2H3/b22-20-. The first-order valence-electron chi connectivity index (χ1n) is 10.2. The smallest absolute Gasteiger partial charge is 0.295 e. The molecular formula is C24H25NO5. The number of ketones is 1. The van der Waals surface area contributed by atoms with E-state index in [1.165, 1.54) is 4.90 Å². The summed E-state index contributed by atoms with van der Waals surface area (Å²) >= 11 is 0. The maximum absolute atomic E-state index is 13.0. The molecule has 0 aromatic heterocycles. The van der Waals surface area contributed by atoms with Crippen molar-refractivity contribution < 1.29 is 24.2 Å². The fraction of sp³-hybridized carbons (Fsp3) is 0.333. The molecule has 2 heterocycles. The van der Waals surface area contributed by atoms with Gasteiger partial charge in [0, 0.05) is 18.5 Å². The number of amides is 1. The summed E-state index contributed by atoms with van der Waals surface area (Å²) in [5.74, 6) is -0.675. The first kappa shape index (κ1) is 20.2. The second-order valence-electron chi connectivity index (χ2n) is 7.74. The minimum atomic E-state index is -0.678. The Labute approximate surface area is 175 Å². The maximum Gasteiger partial charge on any atom is 0.295 e. The summed E-state index contributed by atoms with van der Waals surface area (Å²) in [5, 5.41) is 11.1. The first-order chi connectivity index (χ1) is 14.5. The molecule has 1 unspecified atom stereocenters. The van der Waals surface area contributed by atoms with Gasteiger partial charge in [-0.25, -0.2) is 0 Å². The van der Waals surface area contributed by atoms with Gasteiger partial charge in [0.05, 0.1) is 30.9 Å². The largest absolute Gasteiger partial charge is 0.507 e. The zero-order valence-electron chi connectivity index (χ0n) is 17.1. The van der Waals surface area contributed by atoms with Crippen molar-refractivity contribution in [3.05, 3.63) is 70.8 Å². The SMILES string of the molecule is CC(C)OCCN1C(=O)C(=O)/C(=C(\O)c2ccc3c(c2)CCO3)C1c1ccccc1. The van der Waals surface area contributed by atoms with Crippen LogP contribution in [0.1, 0.15) is 36.6 Å². The third kappa shape index (κ3) is 3.71. The van der Waals surface area contributed by atoms with Crippen molar-refractivity contribution in [2.45, 2.75) is 32.4 Å². The fourth-order valence-corrected chi connectivity index (χ4v) is 3.97. The summed E-state index contributed by atoms with van der Waals surface area (Å²) in [6.07, 6.45) is 0.769. The lowest BCUT2D eigenvalue weighted by atomic mass is 9.94. The number of hydrogen-bond donors (Lipinski definition) is 1. The number of nitrogens with zero attached hydrogens (tertiary/aromatic N) is 1. The van der Waals surface area contributed by atoms with Crippen molar-refractivity contribution in [2.24, 2.45) is 0 Å². The van der Waals surface area contributed by atoms with Crippen molar-refractivity contribution in [3.63, 3.8) is 0 Å². The topological polar surface area (TPSA) is 76.1 Å². The van der Waals surface area contributed by atoms with E-state index in [-0.39, 0.29) is 24.0 Å². The molecule has 0 radical (unpaired) electrons. The van der Waals surface area contributed by atoms with Crippen LogP contribution in [0.2, 0.25) is 0 Å². The van der Waals surface area contributed by atoms with Gasteiger partial charge < -0.3 is 19.5 Å². The second-order valence-corrected chi connectivity index (χ2v) is 7.74. The van der Waals surface area contributed by atoms with E-state index < -0.39 is 17.7 Å². The van der Waals surface area contributed by atoms with Crippen LogP contribution < -0.4 is 4.74 Å². The van der Waals surface area contributed by atoms with Crippen molar-refractivity contribution >= 4 is 17.4 Å². The number of fused-ring (bicyclic) bond motifs is 1. The Hall–Kier alpha value is -3.12. The molecule has 6 heteroatoms. The van der Waals surface area contributed by atoms with E-state index in [1.54, 1.807) is 12.1 Å². The molecule has 1 N–H and O–H groups in total. The van der Waals surface area contributed by atoms with Crippen molar-refractivity contribution in [2.75, 3.05) is 19.8 Å². The molecule has 0 spiro atoms.